The maximum absolute atomic E-state index is 12.6. The molecule has 9 heteroatoms. The number of halogens is 1. The average Bonchev–Trinajstić information content (AvgIpc) is 3.02. The lowest BCUT2D eigenvalue weighted by molar-refractivity contribution is 0.601. The highest BCUT2D eigenvalue weighted by molar-refractivity contribution is 7.93. The molecule has 0 aliphatic heterocycles. The highest BCUT2D eigenvalue weighted by atomic mass is 35.5. The van der Waals surface area contributed by atoms with E-state index in [1.165, 1.54) is 11.3 Å². The maximum Gasteiger partial charge on any atom is 0.265 e. The highest BCUT2D eigenvalue weighted by Gasteiger charge is 2.26. The smallest absolute Gasteiger partial charge is 0.265 e. The van der Waals surface area contributed by atoms with Crippen LogP contribution in [0.4, 0.5) is 5.13 Å². The number of rotatable bonds is 4. The van der Waals surface area contributed by atoms with Gasteiger partial charge in [-0.2, -0.15) is 0 Å². The summed E-state index contributed by atoms with van der Waals surface area (Å²) in [5.41, 5.74) is 7.87. The second kappa shape index (κ2) is 6.01. The molecule has 3 rings (SSSR count). The van der Waals surface area contributed by atoms with E-state index in [0.717, 1.165) is 22.6 Å². The van der Waals surface area contributed by atoms with Crippen molar-refractivity contribution in [3.05, 3.63) is 33.3 Å². The molecule has 0 saturated carbocycles. The predicted octanol–water partition coefficient (Wildman–Crippen LogP) is 2.54. The van der Waals surface area contributed by atoms with Gasteiger partial charge in [-0.15, -0.1) is 10.2 Å². The minimum atomic E-state index is -3.81. The topological polar surface area (TPSA) is 98.0 Å². The van der Waals surface area contributed by atoms with Crippen LogP contribution in [0.1, 0.15) is 35.9 Å². The molecule has 6 nitrogen and oxygen atoms in total. The average molecular weight is 373 g/mol. The summed E-state index contributed by atoms with van der Waals surface area (Å²) < 4.78 is 27.6. The van der Waals surface area contributed by atoms with Gasteiger partial charge in [0.05, 0.1) is 5.02 Å². The number of nitrogens with zero attached hydrogens (tertiary/aromatic N) is 2. The Morgan fingerprint density at radius 2 is 1.96 bits per heavy atom. The molecule has 1 aromatic heterocycles. The Morgan fingerprint density at radius 3 is 2.57 bits per heavy atom. The molecule has 0 fully saturated rings. The SMILES string of the molecule is CC(C)c1nnc(NS(=O)(=O)c2cc3c(cc2Cl)CC(N)C3)s1. The van der Waals surface area contributed by atoms with Gasteiger partial charge >= 0.3 is 0 Å². The van der Waals surface area contributed by atoms with Crippen LogP contribution in [0.2, 0.25) is 5.02 Å². The third kappa shape index (κ3) is 3.35. The summed E-state index contributed by atoms with van der Waals surface area (Å²) in [5.74, 6) is 0.191. The molecule has 1 aliphatic carbocycles. The summed E-state index contributed by atoms with van der Waals surface area (Å²) >= 11 is 7.39. The van der Waals surface area contributed by atoms with Gasteiger partial charge in [-0.05, 0) is 36.1 Å². The molecule has 0 bridgehead atoms. The Morgan fingerprint density at radius 1 is 1.30 bits per heavy atom. The Kier molecular flexibility index (Phi) is 4.35. The number of fused-ring (bicyclic) bond motifs is 1. The number of aromatic nitrogens is 2. The number of benzene rings is 1. The Labute approximate surface area is 144 Å². The molecular formula is C14H17ClN4O2S2. The van der Waals surface area contributed by atoms with Gasteiger partial charge in [0.2, 0.25) is 5.13 Å². The number of anilines is 1. The zero-order valence-corrected chi connectivity index (χ0v) is 15.1. The minimum absolute atomic E-state index is 0.0174. The van der Waals surface area contributed by atoms with E-state index < -0.39 is 10.0 Å². The summed E-state index contributed by atoms with van der Waals surface area (Å²) in [7, 11) is -3.81. The van der Waals surface area contributed by atoms with Gasteiger partial charge in [-0.25, -0.2) is 8.42 Å². The van der Waals surface area contributed by atoms with Gasteiger partial charge in [0, 0.05) is 12.0 Å². The number of sulfonamides is 1. The largest absolute Gasteiger partial charge is 0.327 e. The van der Waals surface area contributed by atoms with Crippen molar-refractivity contribution in [2.75, 3.05) is 4.72 Å². The first-order chi connectivity index (χ1) is 10.8. The fourth-order valence-corrected chi connectivity index (χ4v) is 5.12. The van der Waals surface area contributed by atoms with Crippen LogP contribution in [0.25, 0.3) is 0 Å². The molecule has 0 radical (unpaired) electrons. The molecule has 2 aromatic rings. The molecule has 0 spiro atoms. The van der Waals surface area contributed by atoms with E-state index in [1.807, 2.05) is 13.8 Å². The van der Waals surface area contributed by atoms with Gasteiger partial charge in [0.15, 0.2) is 0 Å². The number of nitrogens with one attached hydrogen (secondary N) is 1. The van der Waals surface area contributed by atoms with Crippen molar-refractivity contribution in [2.45, 2.75) is 43.5 Å². The second-order valence-electron chi connectivity index (χ2n) is 5.93. The molecule has 23 heavy (non-hydrogen) atoms. The third-order valence-corrected chi connectivity index (χ3v) is 6.74. The molecule has 3 N–H and O–H groups in total. The normalized spacial score (nSPS) is 17.5. The van der Waals surface area contributed by atoms with E-state index in [1.54, 1.807) is 12.1 Å². The molecule has 0 amide bonds. The second-order valence-corrected chi connectivity index (χ2v) is 8.99. The van der Waals surface area contributed by atoms with E-state index in [9.17, 15) is 8.42 Å². The Balaban J connectivity index is 1.92. The quantitative estimate of drug-likeness (QED) is 0.859. The lowest BCUT2D eigenvalue weighted by Crippen LogP contribution is -2.19. The summed E-state index contributed by atoms with van der Waals surface area (Å²) in [4.78, 5) is 0.0494. The monoisotopic (exact) mass is 372 g/mol. The zero-order chi connectivity index (χ0) is 16.8. The number of hydrogen-bond acceptors (Lipinski definition) is 6. The first-order valence-corrected chi connectivity index (χ1v) is 9.87. The Bertz CT molecular complexity index is 848. The van der Waals surface area contributed by atoms with Crippen molar-refractivity contribution < 1.29 is 8.42 Å². The fraction of sp³-hybridized carbons (Fsp3) is 0.429. The van der Waals surface area contributed by atoms with Crippen LogP contribution in [0.3, 0.4) is 0 Å². The third-order valence-electron chi connectivity index (χ3n) is 3.66. The van der Waals surface area contributed by atoms with Gasteiger partial charge in [0.1, 0.15) is 9.90 Å². The van der Waals surface area contributed by atoms with Crippen LogP contribution in [-0.4, -0.2) is 24.7 Å². The van der Waals surface area contributed by atoms with Crippen molar-refractivity contribution in [1.29, 1.82) is 0 Å². The first kappa shape index (κ1) is 16.6. The number of hydrogen-bond donors (Lipinski definition) is 2. The Hall–Kier alpha value is -1.22. The summed E-state index contributed by atoms with van der Waals surface area (Å²) in [6, 6.07) is 3.32. The van der Waals surface area contributed by atoms with Crippen molar-refractivity contribution >= 4 is 38.1 Å². The fourth-order valence-electron chi connectivity index (χ4n) is 2.54. The van der Waals surface area contributed by atoms with Gasteiger partial charge < -0.3 is 5.73 Å². The van der Waals surface area contributed by atoms with E-state index >= 15 is 0 Å². The molecular weight excluding hydrogens is 356 g/mol. The number of nitrogens with two attached hydrogens (primary N) is 1. The van der Waals surface area contributed by atoms with Crippen LogP contribution >= 0.6 is 22.9 Å². The molecule has 1 atom stereocenters. The zero-order valence-electron chi connectivity index (χ0n) is 12.7. The predicted molar refractivity (Wildman–Crippen MR) is 91.6 cm³/mol. The van der Waals surface area contributed by atoms with Gasteiger partial charge in [-0.1, -0.05) is 36.8 Å². The van der Waals surface area contributed by atoms with Crippen LogP contribution in [0, 0.1) is 0 Å². The summed E-state index contributed by atoms with van der Waals surface area (Å²) in [6.45, 7) is 3.94. The van der Waals surface area contributed by atoms with Crippen molar-refractivity contribution in [3.63, 3.8) is 0 Å². The summed E-state index contributed by atoms with van der Waals surface area (Å²) in [6.07, 6.45) is 1.38. The highest BCUT2D eigenvalue weighted by Crippen LogP contribution is 2.32. The molecule has 0 saturated heterocycles. The first-order valence-electron chi connectivity index (χ1n) is 7.19. The van der Waals surface area contributed by atoms with E-state index in [2.05, 4.69) is 14.9 Å². The summed E-state index contributed by atoms with van der Waals surface area (Å²) in [5, 5.41) is 9.06. The van der Waals surface area contributed by atoms with Crippen LogP contribution in [0.5, 0.6) is 0 Å². The standard InChI is InChI=1S/C14H17ClN4O2S2/c1-7(2)13-17-18-14(22-13)19-23(20,21)12-6-9-4-10(16)3-8(9)5-11(12)15/h5-7,10H,3-4,16H2,1-2H3,(H,18,19). The van der Waals surface area contributed by atoms with Crippen molar-refractivity contribution in [2.24, 2.45) is 5.73 Å². The van der Waals surface area contributed by atoms with Crippen molar-refractivity contribution in [1.82, 2.24) is 10.2 Å². The lowest BCUT2D eigenvalue weighted by atomic mass is 10.1. The van der Waals surface area contributed by atoms with E-state index in [0.29, 0.717) is 6.42 Å². The van der Waals surface area contributed by atoms with Crippen molar-refractivity contribution in [3.8, 4) is 0 Å². The molecule has 1 heterocycles. The molecule has 124 valence electrons. The lowest BCUT2D eigenvalue weighted by Gasteiger charge is -2.09. The molecule has 1 aromatic carbocycles. The minimum Gasteiger partial charge on any atom is -0.327 e. The van der Waals surface area contributed by atoms with Gasteiger partial charge in [0.25, 0.3) is 10.0 Å². The molecule has 1 unspecified atom stereocenters. The van der Waals surface area contributed by atoms with Gasteiger partial charge in [-0.3, -0.25) is 4.72 Å². The van der Waals surface area contributed by atoms with Crippen LogP contribution < -0.4 is 10.5 Å². The van der Waals surface area contributed by atoms with E-state index in [4.69, 9.17) is 17.3 Å². The molecule has 1 aliphatic rings. The maximum atomic E-state index is 12.6. The van der Waals surface area contributed by atoms with E-state index in [-0.39, 0.29) is 27.0 Å². The van der Waals surface area contributed by atoms with Crippen LogP contribution in [0.15, 0.2) is 17.0 Å². The van der Waals surface area contributed by atoms with Crippen LogP contribution in [-0.2, 0) is 22.9 Å².